The fourth-order valence-corrected chi connectivity index (χ4v) is 7.98. The zero-order valence-electron chi connectivity index (χ0n) is 33.3. The summed E-state index contributed by atoms with van der Waals surface area (Å²) in [6.45, 7) is 7.07. The Morgan fingerprint density at radius 1 is 0.828 bits per heavy atom. The number of hydrogen-bond acceptors (Lipinski definition) is 7. The molecule has 1 saturated carbocycles. The SMILES string of the molecule is C=C1CC2(CCCC2)CC(=O)N[C@H](Cc2ccc(NC(=O)C(Cc3ccccc3Cl)NC(=O)Cc3ccc(CO)cc3)cc2)C(=O)N[C@H](C)C(=O)NCCCCCN1. The topological polar surface area (TPSA) is 178 Å². The van der Waals surface area contributed by atoms with Gasteiger partial charge >= 0.3 is 0 Å². The van der Waals surface area contributed by atoms with Gasteiger partial charge in [0.05, 0.1) is 13.0 Å². The van der Waals surface area contributed by atoms with E-state index < -0.39 is 29.9 Å². The Kier molecular flexibility index (Phi) is 16.3. The van der Waals surface area contributed by atoms with Gasteiger partial charge < -0.3 is 37.0 Å². The predicted molar refractivity (Wildman–Crippen MR) is 226 cm³/mol. The van der Waals surface area contributed by atoms with Gasteiger partial charge in [-0.25, -0.2) is 0 Å². The smallest absolute Gasteiger partial charge is 0.247 e. The highest BCUT2D eigenvalue weighted by Gasteiger charge is 2.37. The second-order valence-corrected chi connectivity index (χ2v) is 16.2. The molecular weight excluding hydrogens is 756 g/mol. The molecule has 2 fully saturated rings. The highest BCUT2D eigenvalue weighted by molar-refractivity contribution is 6.31. The molecule has 1 aliphatic carbocycles. The maximum Gasteiger partial charge on any atom is 0.247 e. The molecule has 2 aliphatic rings. The van der Waals surface area contributed by atoms with Crippen molar-refractivity contribution in [3.8, 4) is 0 Å². The molecule has 7 N–H and O–H groups in total. The Hall–Kier alpha value is -5.20. The molecule has 13 heteroatoms. The minimum atomic E-state index is -0.961. The van der Waals surface area contributed by atoms with E-state index in [9.17, 15) is 29.1 Å². The minimum Gasteiger partial charge on any atom is -0.392 e. The van der Waals surface area contributed by atoms with Crippen molar-refractivity contribution in [1.82, 2.24) is 26.6 Å². The van der Waals surface area contributed by atoms with Crippen molar-refractivity contribution in [3.63, 3.8) is 0 Å². The van der Waals surface area contributed by atoms with E-state index in [1.165, 1.54) is 0 Å². The summed E-state index contributed by atoms with van der Waals surface area (Å²) in [5.41, 5.74) is 4.03. The number of halogens is 1. The summed E-state index contributed by atoms with van der Waals surface area (Å²) in [6.07, 6.45) is 7.87. The Morgan fingerprint density at radius 3 is 2.17 bits per heavy atom. The molecular formula is C45H57ClN6O6. The lowest BCUT2D eigenvalue weighted by atomic mass is 9.78. The highest BCUT2D eigenvalue weighted by Crippen LogP contribution is 2.45. The molecule has 1 heterocycles. The zero-order valence-corrected chi connectivity index (χ0v) is 34.1. The molecule has 310 valence electrons. The maximum absolute atomic E-state index is 13.7. The lowest BCUT2D eigenvalue weighted by Crippen LogP contribution is -2.54. The minimum absolute atomic E-state index is 0.0366. The zero-order chi connectivity index (χ0) is 41.5. The normalized spacial score (nSPS) is 20.1. The summed E-state index contributed by atoms with van der Waals surface area (Å²) < 4.78 is 0. The number of amides is 5. The Labute approximate surface area is 346 Å². The van der Waals surface area contributed by atoms with Crippen LogP contribution >= 0.6 is 11.6 Å². The van der Waals surface area contributed by atoms with Crippen LogP contribution in [0.15, 0.2) is 85.1 Å². The monoisotopic (exact) mass is 812 g/mol. The van der Waals surface area contributed by atoms with Gasteiger partial charge in [0, 0.05) is 48.8 Å². The average Bonchev–Trinajstić information content (AvgIpc) is 3.65. The van der Waals surface area contributed by atoms with Crippen LogP contribution in [0.1, 0.15) is 87.0 Å². The van der Waals surface area contributed by atoms with Crippen LogP contribution < -0.4 is 31.9 Å². The summed E-state index contributed by atoms with van der Waals surface area (Å²) in [5, 5.41) is 27.7. The van der Waals surface area contributed by atoms with Crippen LogP contribution in [0.2, 0.25) is 5.02 Å². The van der Waals surface area contributed by atoms with E-state index in [1.54, 1.807) is 73.7 Å². The van der Waals surface area contributed by atoms with E-state index in [1.807, 2.05) is 6.07 Å². The first kappa shape index (κ1) is 43.9. The summed E-state index contributed by atoms with van der Waals surface area (Å²) >= 11 is 6.44. The Balaban J connectivity index is 1.29. The van der Waals surface area contributed by atoms with E-state index in [4.69, 9.17) is 11.6 Å². The fourth-order valence-electron chi connectivity index (χ4n) is 7.76. The number of allylic oxidation sites excluding steroid dienone is 1. The second kappa shape index (κ2) is 21.5. The second-order valence-electron chi connectivity index (χ2n) is 15.8. The van der Waals surface area contributed by atoms with Gasteiger partial charge in [0.1, 0.15) is 18.1 Å². The van der Waals surface area contributed by atoms with Crippen molar-refractivity contribution in [1.29, 1.82) is 0 Å². The van der Waals surface area contributed by atoms with Crippen molar-refractivity contribution in [2.24, 2.45) is 5.41 Å². The van der Waals surface area contributed by atoms with Crippen LogP contribution in [0.4, 0.5) is 5.69 Å². The molecule has 1 aliphatic heterocycles. The van der Waals surface area contributed by atoms with Gasteiger partial charge in [0.15, 0.2) is 0 Å². The van der Waals surface area contributed by atoms with E-state index in [0.29, 0.717) is 29.2 Å². The quantitative estimate of drug-likeness (QED) is 0.150. The van der Waals surface area contributed by atoms with Gasteiger partial charge in [-0.1, -0.05) is 85.6 Å². The van der Waals surface area contributed by atoms with Crippen LogP contribution in [0.25, 0.3) is 0 Å². The van der Waals surface area contributed by atoms with Crippen LogP contribution in [0.5, 0.6) is 0 Å². The van der Waals surface area contributed by atoms with E-state index >= 15 is 0 Å². The molecule has 0 radical (unpaired) electrons. The third-order valence-electron chi connectivity index (χ3n) is 11.0. The number of rotatable bonds is 10. The molecule has 5 rings (SSSR count). The van der Waals surface area contributed by atoms with Gasteiger partial charge in [-0.05, 0) is 91.3 Å². The first-order chi connectivity index (χ1) is 27.9. The number of anilines is 1. The molecule has 3 aromatic carbocycles. The van der Waals surface area contributed by atoms with E-state index in [-0.39, 0.29) is 55.4 Å². The number of benzene rings is 3. The lowest BCUT2D eigenvalue weighted by molar-refractivity contribution is -0.132. The third-order valence-corrected chi connectivity index (χ3v) is 11.4. The third kappa shape index (κ3) is 13.4. The van der Waals surface area contributed by atoms with E-state index in [2.05, 4.69) is 38.5 Å². The van der Waals surface area contributed by atoms with Crippen molar-refractivity contribution in [2.75, 3.05) is 18.4 Å². The molecule has 12 nitrogen and oxygen atoms in total. The Morgan fingerprint density at radius 2 is 1.48 bits per heavy atom. The van der Waals surface area contributed by atoms with Crippen LogP contribution in [0, 0.1) is 5.41 Å². The molecule has 3 aromatic rings. The van der Waals surface area contributed by atoms with Crippen molar-refractivity contribution in [3.05, 3.63) is 112 Å². The van der Waals surface area contributed by atoms with E-state index in [0.717, 1.165) is 73.9 Å². The van der Waals surface area contributed by atoms with Gasteiger partial charge in [0.2, 0.25) is 29.5 Å². The van der Waals surface area contributed by atoms with Crippen molar-refractivity contribution in [2.45, 2.75) is 109 Å². The van der Waals surface area contributed by atoms with Gasteiger partial charge in [-0.3, -0.25) is 24.0 Å². The summed E-state index contributed by atoms with van der Waals surface area (Å²) in [5.74, 6) is -1.80. The Bertz CT molecular complexity index is 1900. The number of hydrogen-bond donors (Lipinski definition) is 7. The summed E-state index contributed by atoms with van der Waals surface area (Å²) in [4.78, 5) is 67.2. The number of carbonyl (C=O) groups is 5. The highest BCUT2D eigenvalue weighted by atomic mass is 35.5. The van der Waals surface area contributed by atoms with Gasteiger partial charge in [-0.2, -0.15) is 0 Å². The molecule has 0 aromatic heterocycles. The summed E-state index contributed by atoms with van der Waals surface area (Å²) in [6, 6.07) is 18.4. The van der Waals surface area contributed by atoms with Crippen LogP contribution in [-0.2, 0) is 49.8 Å². The maximum atomic E-state index is 13.7. The number of aliphatic hydroxyl groups excluding tert-OH is 1. The molecule has 1 unspecified atom stereocenters. The molecule has 1 saturated heterocycles. The van der Waals surface area contributed by atoms with Gasteiger partial charge in [0.25, 0.3) is 0 Å². The molecule has 58 heavy (non-hydrogen) atoms. The average molecular weight is 813 g/mol. The standard InChI is InChI=1S/C45H57ClN6O6/c1-30-27-45(20-6-7-21-45)28-41(55)52-38(43(57)49-31(2)42(56)48-23-9-3-8-22-47-30)24-32-16-18-36(19-17-32)50-44(58)39(26-35-10-4-5-11-37(35)46)51-40(54)25-33-12-14-34(29-53)15-13-33/h4-5,10-19,31,38-39,47,53H,1,3,6-9,20-29H2,2H3,(H,48,56)(H,49,57)(H,50,58)(H,51,54)(H,52,55)/t31-,38-,39?/m1/s1. The van der Waals surface area contributed by atoms with Gasteiger partial charge in [-0.15, -0.1) is 0 Å². The lowest BCUT2D eigenvalue weighted by Gasteiger charge is -2.31. The van der Waals surface area contributed by atoms with Crippen molar-refractivity contribution >= 4 is 46.8 Å². The molecule has 1 spiro atoms. The molecule has 0 bridgehead atoms. The first-order valence-corrected chi connectivity index (χ1v) is 20.7. The molecule has 3 atom stereocenters. The molecule has 5 amide bonds. The predicted octanol–water partition coefficient (Wildman–Crippen LogP) is 5.02. The first-order valence-electron chi connectivity index (χ1n) is 20.3. The van der Waals surface area contributed by atoms with Crippen LogP contribution in [0.3, 0.4) is 0 Å². The number of aliphatic hydroxyl groups is 1. The van der Waals surface area contributed by atoms with Crippen LogP contribution in [-0.4, -0.2) is 65.9 Å². The number of nitrogens with one attached hydrogen (secondary N) is 6. The largest absolute Gasteiger partial charge is 0.392 e. The fraction of sp³-hybridized carbons (Fsp3) is 0.444. The summed E-state index contributed by atoms with van der Waals surface area (Å²) in [7, 11) is 0. The number of carbonyl (C=O) groups excluding carboxylic acids is 5. The van der Waals surface area contributed by atoms with Crippen molar-refractivity contribution < 1.29 is 29.1 Å².